The molecule has 1 aromatic carbocycles. The van der Waals surface area contributed by atoms with Crippen molar-refractivity contribution in [1.82, 2.24) is 0 Å². The number of halogens is 4. The summed E-state index contributed by atoms with van der Waals surface area (Å²) in [7, 11) is 0. The zero-order valence-corrected chi connectivity index (χ0v) is 12.4. The van der Waals surface area contributed by atoms with Crippen molar-refractivity contribution in [1.29, 1.82) is 0 Å². The molecule has 0 amide bonds. The van der Waals surface area contributed by atoms with Crippen LogP contribution in [0.25, 0.3) is 0 Å². The molecule has 0 fully saturated rings. The number of carboxylic acid groups (broad SMARTS) is 1. The van der Waals surface area contributed by atoms with E-state index in [1.54, 1.807) is 6.92 Å². The van der Waals surface area contributed by atoms with E-state index >= 15 is 0 Å². The van der Waals surface area contributed by atoms with Gasteiger partial charge in [0, 0.05) is 23.1 Å². The molecule has 112 valence electrons. The zero-order valence-electron chi connectivity index (χ0n) is 10.8. The molecule has 20 heavy (non-hydrogen) atoms. The summed E-state index contributed by atoms with van der Waals surface area (Å²) in [5, 5.41) is 11.4. The highest BCUT2D eigenvalue weighted by Crippen LogP contribution is 2.36. The SMILES string of the molecule is CCC(CNc1cc(Br)ccc1C(F)(F)F)CC(=O)O. The van der Waals surface area contributed by atoms with Crippen molar-refractivity contribution in [3.05, 3.63) is 28.2 Å². The minimum Gasteiger partial charge on any atom is -0.481 e. The molecule has 1 unspecified atom stereocenters. The van der Waals surface area contributed by atoms with E-state index in [1.807, 2.05) is 0 Å². The van der Waals surface area contributed by atoms with Crippen LogP contribution in [0.1, 0.15) is 25.3 Å². The Morgan fingerprint density at radius 2 is 2.10 bits per heavy atom. The maximum atomic E-state index is 12.8. The molecule has 0 spiro atoms. The van der Waals surface area contributed by atoms with Gasteiger partial charge in [0.15, 0.2) is 0 Å². The Balaban J connectivity index is 2.85. The summed E-state index contributed by atoms with van der Waals surface area (Å²) in [4.78, 5) is 10.6. The molecule has 0 saturated heterocycles. The van der Waals surface area contributed by atoms with Crippen LogP contribution in [0.5, 0.6) is 0 Å². The summed E-state index contributed by atoms with van der Waals surface area (Å²) in [6, 6.07) is 3.66. The van der Waals surface area contributed by atoms with Gasteiger partial charge in [-0.1, -0.05) is 29.3 Å². The first kappa shape index (κ1) is 16.8. The Hall–Kier alpha value is -1.24. The Labute approximate surface area is 123 Å². The maximum absolute atomic E-state index is 12.8. The van der Waals surface area contributed by atoms with Gasteiger partial charge in [0.1, 0.15) is 0 Å². The van der Waals surface area contributed by atoms with Crippen molar-refractivity contribution in [2.75, 3.05) is 11.9 Å². The number of benzene rings is 1. The van der Waals surface area contributed by atoms with Crippen LogP contribution in [0.15, 0.2) is 22.7 Å². The fourth-order valence-corrected chi connectivity index (χ4v) is 2.13. The van der Waals surface area contributed by atoms with E-state index in [1.165, 1.54) is 12.1 Å². The molecule has 7 heteroatoms. The second-order valence-electron chi connectivity index (χ2n) is 4.44. The molecule has 0 bridgehead atoms. The van der Waals surface area contributed by atoms with Gasteiger partial charge >= 0.3 is 12.1 Å². The third-order valence-electron chi connectivity index (χ3n) is 2.91. The van der Waals surface area contributed by atoms with Crippen molar-refractivity contribution in [2.24, 2.45) is 5.92 Å². The molecule has 0 heterocycles. The van der Waals surface area contributed by atoms with Crippen molar-refractivity contribution in [3.8, 4) is 0 Å². The number of rotatable bonds is 6. The lowest BCUT2D eigenvalue weighted by Crippen LogP contribution is -2.19. The minimum absolute atomic E-state index is 0.0456. The van der Waals surface area contributed by atoms with Gasteiger partial charge in [0.25, 0.3) is 0 Å². The number of carboxylic acids is 1. The predicted octanol–water partition coefficient (Wildman–Crippen LogP) is 4.38. The van der Waals surface area contributed by atoms with Crippen LogP contribution in [0.2, 0.25) is 0 Å². The zero-order chi connectivity index (χ0) is 15.3. The lowest BCUT2D eigenvalue weighted by atomic mass is 10.0. The summed E-state index contributed by atoms with van der Waals surface area (Å²) in [6.07, 6.45) is -3.94. The van der Waals surface area contributed by atoms with Crippen LogP contribution in [0.3, 0.4) is 0 Å². The van der Waals surface area contributed by atoms with E-state index in [9.17, 15) is 18.0 Å². The maximum Gasteiger partial charge on any atom is 0.418 e. The highest BCUT2D eigenvalue weighted by atomic mass is 79.9. The third-order valence-corrected chi connectivity index (χ3v) is 3.40. The van der Waals surface area contributed by atoms with Crippen molar-refractivity contribution in [2.45, 2.75) is 25.9 Å². The molecule has 0 aliphatic heterocycles. The van der Waals surface area contributed by atoms with Gasteiger partial charge in [0.2, 0.25) is 0 Å². The monoisotopic (exact) mass is 353 g/mol. The van der Waals surface area contributed by atoms with Crippen LogP contribution in [0, 0.1) is 5.92 Å². The van der Waals surface area contributed by atoms with Crippen LogP contribution < -0.4 is 5.32 Å². The molecule has 0 aliphatic rings. The molecular weight excluding hydrogens is 339 g/mol. The molecule has 1 atom stereocenters. The summed E-state index contributed by atoms with van der Waals surface area (Å²) in [5.74, 6) is -1.17. The van der Waals surface area contributed by atoms with E-state index in [4.69, 9.17) is 5.11 Å². The van der Waals surface area contributed by atoms with Gasteiger partial charge in [-0.25, -0.2) is 0 Å². The van der Waals surface area contributed by atoms with E-state index < -0.39 is 17.7 Å². The van der Waals surface area contributed by atoms with Crippen LogP contribution in [-0.4, -0.2) is 17.6 Å². The molecule has 1 rings (SSSR count). The van der Waals surface area contributed by atoms with Crippen LogP contribution >= 0.6 is 15.9 Å². The van der Waals surface area contributed by atoms with Crippen molar-refractivity contribution in [3.63, 3.8) is 0 Å². The molecule has 0 saturated carbocycles. The van der Waals surface area contributed by atoms with Gasteiger partial charge in [-0.2, -0.15) is 13.2 Å². The number of hydrogen-bond acceptors (Lipinski definition) is 2. The summed E-state index contributed by atoms with van der Waals surface area (Å²) < 4.78 is 39.1. The van der Waals surface area contributed by atoms with E-state index in [0.717, 1.165) is 6.07 Å². The molecule has 0 radical (unpaired) electrons. The minimum atomic E-state index is -4.45. The van der Waals surface area contributed by atoms with Crippen molar-refractivity contribution >= 4 is 27.6 Å². The molecule has 1 aromatic rings. The first-order valence-corrected chi connectivity index (χ1v) is 6.85. The molecule has 3 nitrogen and oxygen atoms in total. The van der Waals surface area contributed by atoms with Crippen molar-refractivity contribution < 1.29 is 23.1 Å². The average molecular weight is 354 g/mol. The first-order chi connectivity index (χ1) is 9.24. The summed E-state index contributed by atoms with van der Waals surface area (Å²) in [6.45, 7) is 1.99. The predicted molar refractivity (Wildman–Crippen MR) is 73.7 cm³/mol. The second-order valence-corrected chi connectivity index (χ2v) is 5.36. The highest BCUT2D eigenvalue weighted by Gasteiger charge is 2.33. The smallest absolute Gasteiger partial charge is 0.418 e. The normalized spacial score (nSPS) is 13.1. The number of hydrogen-bond donors (Lipinski definition) is 2. The summed E-state index contributed by atoms with van der Waals surface area (Å²) in [5.41, 5.74) is -0.804. The van der Waals surface area contributed by atoms with Gasteiger partial charge < -0.3 is 10.4 Å². The van der Waals surface area contributed by atoms with Gasteiger partial charge in [-0.3, -0.25) is 4.79 Å². The second kappa shape index (κ2) is 6.97. The number of alkyl halides is 3. The lowest BCUT2D eigenvalue weighted by molar-refractivity contribution is -0.138. The number of carbonyl (C=O) groups is 1. The topological polar surface area (TPSA) is 49.3 Å². The standard InChI is InChI=1S/C13H15BrF3NO2/c1-2-8(5-12(19)20)7-18-11-6-9(14)3-4-10(11)13(15,16)17/h3-4,6,8,18H,2,5,7H2,1H3,(H,19,20). The van der Waals surface area contributed by atoms with Crippen LogP contribution in [0.4, 0.5) is 18.9 Å². The molecular formula is C13H15BrF3NO2. The van der Waals surface area contributed by atoms with Gasteiger partial charge in [-0.15, -0.1) is 0 Å². The van der Waals surface area contributed by atoms with E-state index in [-0.39, 0.29) is 24.6 Å². The first-order valence-electron chi connectivity index (χ1n) is 6.06. The highest BCUT2D eigenvalue weighted by molar-refractivity contribution is 9.10. The largest absolute Gasteiger partial charge is 0.481 e. The van der Waals surface area contributed by atoms with Crippen LogP contribution in [-0.2, 0) is 11.0 Å². The fourth-order valence-electron chi connectivity index (χ4n) is 1.77. The summed E-state index contributed by atoms with van der Waals surface area (Å²) >= 11 is 3.13. The number of nitrogens with one attached hydrogen (secondary N) is 1. The average Bonchev–Trinajstić information content (AvgIpc) is 2.32. The third kappa shape index (κ3) is 5.03. The Morgan fingerprint density at radius 1 is 1.45 bits per heavy atom. The number of aliphatic carboxylic acids is 1. The van der Waals surface area contributed by atoms with Gasteiger partial charge in [-0.05, 0) is 24.1 Å². The molecule has 0 aliphatic carbocycles. The number of anilines is 1. The quantitative estimate of drug-likeness (QED) is 0.797. The molecule has 0 aromatic heterocycles. The Morgan fingerprint density at radius 3 is 2.60 bits per heavy atom. The Bertz CT molecular complexity index is 477. The van der Waals surface area contributed by atoms with Gasteiger partial charge in [0.05, 0.1) is 5.56 Å². The molecule has 2 N–H and O–H groups in total. The van der Waals surface area contributed by atoms with E-state index in [0.29, 0.717) is 10.9 Å². The Kier molecular flexibility index (Phi) is 5.86. The fraction of sp³-hybridized carbons (Fsp3) is 0.462. The lowest BCUT2D eigenvalue weighted by Gasteiger charge is -2.18. The van der Waals surface area contributed by atoms with E-state index in [2.05, 4.69) is 21.2 Å².